The summed E-state index contributed by atoms with van der Waals surface area (Å²) in [6.45, 7) is 1.77. The summed E-state index contributed by atoms with van der Waals surface area (Å²) < 4.78 is 1.11. The van der Waals surface area contributed by atoms with Crippen LogP contribution in [0.1, 0.15) is 5.56 Å². The minimum absolute atomic E-state index is 0.398. The molecule has 0 aliphatic carbocycles. The molecule has 4 rings (SSSR count). The van der Waals surface area contributed by atoms with Gasteiger partial charge < -0.3 is 4.98 Å². The van der Waals surface area contributed by atoms with Crippen molar-refractivity contribution < 1.29 is 0 Å². The smallest absolute Gasteiger partial charge is 0.306 e. The molecule has 0 spiro atoms. The van der Waals surface area contributed by atoms with Gasteiger partial charge in [0, 0.05) is 15.6 Å². The Balaban J connectivity index is 1.98. The Morgan fingerprint density at radius 1 is 0.889 bits per heavy atom. The van der Waals surface area contributed by atoms with Gasteiger partial charge in [-0.3, -0.25) is 4.79 Å². The van der Waals surface area contributed by atoms with Crippen LogP contribution in [0.4, 0.5) is 0 Å². The normalized spacial score (nSPS) is 11.1. The summed E-state index contributed by atoms with van der Waals surface area (Å²) in [4.78, 5) is 28.5. The van der Waals surface area contributed by atoms with Crippen molar-refractivity contribution in [1.82, 2.24) is 9.55 Å². The molecular formula is C21H14Cl2N2O2. The first-order valence-electron chi connectivity index (χ1n) is 8.27. The number of aromatic nitrogens is 2. The molecular weight excluding hydrogens is 383 g/mol. The number of H-pyrrole nitrogens is 1. The number of benzene rings is 3. The van der Waals surface area contributed by atoms with Gasteiger partial charge in [0.05, 0.1) is 16.6 Å². The standard InChI is InChI=1S/C21H14Cl2N2O2/c1-12-16(22)7-4-8-19(12)25-20(26)15-10-9-13(11-18(15)24-21(25)27)14-5-2-3-6-17(14)23/h2-11H,1H3,(H,24,27). The van der Waals surface area contributed by atoms with Crippen molar-refractivity contribution in [2.45, 2.75) is 6.92 Å². The molecule has 0 amide bonds. The molecule has 3 aromatic carbocycles. The second-order valence-electron chi connectivity index (χ2n) is 6.19. The van der Waals surface area contributed by atoms with Gasteiger partial charge >= 0.3 is 5.69 Å². The topological polar surface area (TPSA) is 54.9 Å². The predicted octanol–water partition coefficient (Wildman–Crippen LogP) is 4.96. The summed E-state index contributed by atoms with van der Waals surface area (Å²) in [5, 5.41) is 1.50. The minimum Gasteiger partial charge on any atom is -0.306 e. The average Bonchev–Trinajstić information content (AvgIpc) is 2.65. The van der Waals surface area contributed by atoms with Gasteiger partial charge in [0.2, 0.25) is 0 Å². The summed E-state index contributed by atoms with van der Waals surface area (Å²) in [6.07, 6.45) is 0. The molecule has 0 saturated heterocycles. The van der Waals surface area contributed by atoms with Gasteiger partial charge in [0.25, 0.3) is 5.56 Å². The van der Waals surface area contributed by atoms with Crippen molar-refractivity contribution in [2.24, 2.45) is 0 Å². The van der Waals surface area contributed by atoms with Crippen LogP contribution in [0.5, 0.6) is 0 Å². The molecule has 1 aromatic heterocycles. The lowest BCUT2D eigenvalue weighted by Gasteiger charge is -2.11. The summed E-state index contributed by atoms with van der Waals surface area (Å²) >= 11 is 12.4. The largest absolute Gasteiger partial charge is 0.333 e. The van der Waals surface area contributed by atoms with E-state index in [0.717, 1.165) is 15.7 Å². The number of nitrogens with zero attached hydrogens (tertiary/aromatic N) is 1. The van der Waals surface area contributed by atoms with Crippen LogP contribution in [0.25, 0.3) is 27.7 Å². The van der Waals surface area contributed by atoms with Crippen LogP contribution in [-0.2, 0) is 0 Å². The van der Waals surface area contributed by atoms with Crippen LogP contribution in [0.2, 0.25) is 10.0 Å². The lowest BCUT2D eigenvalue weighted by Crippen LogP contribution is -2.34. The van der Waals surface area contributed by atoms with Gasteiger partial charge in [0.15, 0.2) is 0 Å². The summed E-state index contributed by atoms with van der Waals surface area (Å²) in [6, 6.07) is 17.8. The number of nitrogens with one attached hydrogen (secondary N) is 1. The molecule has 0 aliphatic heterocycles. The Hall–Kier alpha value is -2.82. The first-order chi connectivity index (χ1) is 13.0. The van der Waals surface area contributed by atoms with Gasteiger partial charge in [-0.05, 0) is 48.4 Å². The van der Waals surface area contributed by atoms with Gasteiger partial charge in [-0.25, -0.2) is 9.36 Å². The van der Waals surface area contributed by atoms with E-state index in [1.165, 1.54) is 0 Å². The maximum atomic E-state index is 13.0. The van der Waals surface area contributed by atoms with Crippen LogP contribution >= 0.6 is 23.2 Å². The maximum Gasteiger partial charge on any atom is 0.333 e. The number of aromatic amines is 1. The molecule has 0 aliphatic rings. The fourth-order valence-electron chi connectivity index (χ4n) is 3.14. The molecule has 0 atom stereocenters. The zero-order chi connectivity index (χ0) is 19.1. The molecule has 4 nitrogen and oxygen atoms in total. The molecule has 0 radical (unpaired) electrons. The summed E-state index contributed by atoms with van der Waals surface area (Å²) in [5.74, 6) is 0. The second-order valence-corrected chi connectivity index (χ2v) is 7.01. The van der Waals surface area contributed by atoms with Crippen molar-refractivity contribution >= 4 is 34.1 Å². The number of fused-ring (bicyclic) bond motifs is 1. The van der Waals surface area contributed by atoms with E-state index >= 15 is 0 Å². The zero-order valence-corrected chi connectivity index (χ0v) is 15.8. The highest BCUT2D eigenvalue weighted by atomic mass is 35.5. The van der Waals surface area contributed by atoms with Crippen LogP contribution in [0, 0.1) is 6.92 Å². The van der Waals surface area contributed by atoms with E-state index in [1.807, 2.05) is 24.3 Å². The van der Waals surface area contributed by atoms with Crippen LogP contribution in [-0.4, -0.2) is 9.55 Å². The molecule has 6 heteroatoms. The van der Waals surface area contributed by atoms with Gasteiger partial charge in [-0.2, -0.15) is 0 Å². The van der Waals surface area contributed by atoms with Crippen molar-refractivity contribution in [1.29, 1.82) is 0 Å². The highest BCUT2D eigenvalue weighted by molar-refractivity contribution is 6.33. The first kappa shape index (κ1) is 17.6. The molecule has 0 fully saturated rings. The predicted molar refractivity (Wildman–Crippen MR) is 110 cm³/mol. The molecule has 134 valence electrons. The Morgan fingerprint density at radius 3 is 2.41 bits per heavy atom. The fraction of sp³-hybridized carbons (Fsp3) is 0.0476. The molecule has 27 heavy (non-hydrogen) atoms. The molecule has 0 unspecified atom stereocenters. The molecule has 1 heterocycles. The van der Waals surface area contributed by atoms with E-state index < -0.39 is 11.2 Å². The molecule has 0 saturated carbocycles. The fourth-order valence-corrected chi connectivity index (χ4v) is 3.55. The Bertz CT molecular complexity index is 1310. The van der Waals surface area contributed by atoms with Crippen molar-refractivity contribution in [3.8, 4) is 16.8 Å². The van der Waals surface area contributed by atoms with Gasteiger partial charge in [0.1, 0.15) is 0 Å². The van der Waals surface area contributed by atoms with E-state index in [1.54, 1.807) is 43.3 Å². The third-order valence-corrected chi connectivity index (χ3v) is 5.30. The Morgan fingerprint density at radius 2 is 1.63 bits per heavy atom. The van der Waals surface area contributed by atoms with Crippen molar-refractivity contribution in [3.63, 3.8) is 0 Å². The lowest BCUT2D eigenvalue weighted by atomic mass is 10.0. The highest BCUT2D eigenvalue weighted by Crippen LogP contribution is 2.29. The zero-order valence-electron chi connectivity index (χ0n) is 14.3. The van der Waals surface area contributed by atoms with E-state index in [2.05, 4.69) is 4.98 Å². The first-order valence-corrected chi connectivity index (χ1v) is 9.02. The van der Waals surface area contributed by atoms with E-state index in [9.17, 15) is 9.59 Å². The Kier molecular flexibility index (Phi) is 4.38. The van der Waals surface area contributed by atoms with Gasteiger partial charge in [-0.15, -0.1) is 0 Å². The monoisotopic (exact) mass is 396 g/mol. The second kappa shape index (κ2) is 6.72. The molecule has 1 N–H and O–H groups in total. The van der Waals surface area contributed by atoms with Crippen molar-refractivity contribution in [3.05, 3.63) is 97.1 Å². The third-order valence-electron chi connectivity index (χ3n) is 4.56. The average molecular weight is 397 g/mol. The number of hydrogen-bond acceptors (Lipinski definition) is 2. The van der Waals surface area contributed by atoms with Crippen LogP contribution < -0.4 is 11.2 Å². The molecule has 4 aromatic rings. The van der Waals surface area contributed by atoms with E-state index in [4.69, 9.17) is 23.2 Å². The lowest BCUT2D eigenvalue weighted by molar-refractivity contribution is 0.894. The van der Waals surface area contributed by atoms with Crippen LogP contribution in [0.15, 0.2) is 70.3 Å². The van der Waals surface area contributed by atoms with E-state index in [0.29, 0.717) is 32.2 Å². The summed E-state index contributed by atoms with van der Waals surface area (Å²) in [7, 11) is 0. The van der Waals surface area contributed by atoms with Gasteiger partial charge in [-0.1, -0.05) is 53.5 Å². The third kappa shape index (κ3) is 2.97. The number of hydrogen-bond donors (Lipinski definition) is 1. The molecule has 0 bridgehead atoms. The van der Waals surface area contributed by atoms with E-state index in [-0.39, 0.29) is 0 Å². The summed E-state index contributed by atoms with van der Waals surface area (Å²) in [5.41, 5.74) is 2.32. The quantitative estimate of drug-likeness (QED) is 0.520. The SMILES string of the molecule is Cc1c(Cl)cccc1-n1c(=O)[nH]c2cc(-c3ccccc3Cl)ccc2c1=O. The van der Waals surface area contributed by atoms with Crippen LogP contribution in [0.3, 0.4) is 0 Å². The number of halogens is 2. The minimum atomic E-state index is -0.519. The number of rotatable bonds is 2. The highest BCUT2D eigenvalue weighted by Gasteiger charge is 2.14. The maximum absolute atomic E-state index is 13.0. The Labute approximate surface area is 164 Å². The van der Waals surface area contributed by atoms with Crippen molar-refractivity contribution in [2.75, 3.05) is 0 Å².